The molecule has 0 amide bonds. The van der Waals surface area contributed by atoms with Crippen molar-refractivity contribution in [3.8, 4) is 33.1 Å². The summed E-state index contributed by atoms with van der Waals surface area (Å²) in [6, 6.07) is 8.44. The number of nitrogens with one attached hydrogen (secondary N) is 2. The molecule has 0 aliphatic heterocycles. The van der Waals surface area contributed by atoms with Crippen molar-refractivity contribution in [2.45, 2.75) is 6.92 Å². The molecular formula is C22H15N7S. The average molecular weight is 409 g/mol. The molecule has 30 heavy (non-hydrogen) atoms. The first kappa shape index (κ1) is 17.0. The van der Waals surface area contributed by atoms with Gasteiger partial charge in [0.2, 0.25) is 0 Å². The number of aromatic amines is 2. The van der Waals surface area contributed by atoms with E-state index in [-0.39, 0.29) is 0 Å². The minimum absolute atomic E-state index is 0.804. The number of aryl methyl sites for hydroxylation is 1. The van der Waals surface area contributed by atoms with E-state index in [1.807, 2.05) is 18.5 Å². The molecule has 6 heterocycles. The van der Waals surface area contributed by atoms with E-state index in [0.717, 1.165) is 50.0 Å². The average Bonchev–Trinajstić information content (AvgIpc) is 3.51. The Bertz CT molecular complexity index is 1510. The van der Waals surface area contributed by atoms with E-state index in [9.17, 15) is 0 Å². The SMILES string of the molecule is Cc1ccc(-c2cncc3[nH]c(-c4n[nH]c5cnc(-c6cncnc6)cc45)cc23)s1. The van der Waals surface area contributed by atoms with Crippen molar-refractivity contribution in [2.24, 2.45) is 0 Å². The molecule has 8 heteroatoms. The van der Waals surface area contributed by atoms with Crippen LogP contribution in [0.2, 0.25) is 0 Å². The Morgan fingerprint density at radius 2 is 1.77 bits per heavy atom. The molecule has 0 saturated carbocycles. The molecule has 0 aliphatic carbocycles. The molecule has 0 aromatic carbocycles. The van der Waals surface area contributed by atoms with Crippen LogP contribution in [0, 0.1) is 6.92 Å². The van der Waals surface area contributed by atoms with Gasteiger partial charge in [-0.25, -0.2) is 9.97 Å². The maximum absolute atomic E-state index is 4.56. The third-order valence-corrected chi connectivity index (χ3v) is 6.14. The first-order valence-corrected chi connectivity index (χ1v) is 10.2. The van der Waals surface area contributed by atoms with Crippen LogP contribution >= 0.6 is 11.3 Å². The number of hydrogen-bond acceptors (Lipinski definition) is 6. The van der Waals surface area contributed by atoms with Gasteiger partial charge in [-0.1, -0.05) is 0 Å². The topological polar surface area (TPSA) is 96.0 Å². The fraction of sp³-hybridized carbons (Fsp3) is 0.0455. The van der Waals surface area contributed by atoms with Gasteiger partial charge in [0, 0.05) is 50.2 Å². The summed E-state index contributed by atoms with van der Waals surface area (Å²) in [4.78, 5) is 23.1. The molecule has 0 atom stereocenters. The first-order valence-electron chi connectivity index (χ1n) is 9.40. The summed E-state index contributed by atoms with van der Waals surface area (Å²) < 4.78 is 0. The summed E-state index contributed by atoms with van der Waals surface area (Å²) in [6.45, 7) is 2.11. The van der Waals surface area contributed by atoms with Crippen LogP contribution in [-0.2, 0) is 0 Å². The summed E-state index contributed by atoms with van der Waals surface area (Å²) in [6.07, 6.45) is 10.6. The molecule has 0 fully saturated rings. The number of H-pyrrole nitrogens is 2. The molecule has 0 saturated heterocycles. The Hall–Kier alpha value is -3.91. The highest BCUT2D eigenvalue weighted by molar-refractivity contribution is 7.15. The van der Waals surface area contributed by atoms with E-state index in [1.54, 1.807) is 29.9 Å². The van der Waals surface area contributed by atoms with Crippen molar-refractivity contribution in [1.29, 1.82) is 0 Å². The Labute approximate surface area is 174 Å². The lowest BCUT2D eigenvalue weighted by molar-refractivity contribution is 1.11. The first-order chi connectivity index (χ1) is 14.8. The Kier molecular flexibility index (Phi) is 3.72. The van der Waals surface area contributed by atoms with Crippen LogP contribution in [0.4, 0.5) is 0 Å². The third kappa shape index (κ3) is 2.69. The van der Waals surface area contributed by atoms with E-state index < -0.39 is 0 Å². The minimum Gasteiger partial charge on any atom is -0.352 e. The smallest absolute Gasteiger partial charge is 0.116 e. The second kappa shape index (κ2) is 6.57. The Balaban J connectivity index is 1.52. The highest BCUT2D eigenvalue weighted by atomic mass is 32.1. The van der Waals surface area contributed by atoms with Crippen LogP contribution in [0.1, 0.15) is 4.88 Å². The molecule has 0 radical (unpaired) electrons. The van der Waals surface area contributed by atoms with Gasteiger partial charge in [0.15, 0.2) is 0 Å². The van der Waals surface area contributed by atoms with Crippen LogP contribution in [0.3, 0.4) is 0 Å². The van der Waals surface area contributed by atoms with Gasteiger partial charge in [0.25, 0.3) is 0 Å². The summed E-state index contributed by atoms with van der Waals surface area (Å²) in [5, 5.41) is 9.75. The lowest BCUT2D eigenvalue weighted by Gasteiger charge is -2.00. The van der Waals surface area contributed by atoms with Crippen LogP contribution in [0.5, 0.6) is 0 Å². The minimum atomic E-state index is 0.804. The second-order valence-corrected chi connectivity index (χ2v) is 8.34. The zero-order valence-electron chi connectivity index (χ0n) is 15.9. The third-order valence-electron chi connectivity index (χ3n) is 5.11. The predicted octanol–water partition coefficient (Wildman–Crippen LogP) is 5.00. The van der Waals surface area contributed by atoms with Gasteiger partial charge in [0.1, 0.15) is 12.0 Å². The molecule has 6 aromatic heterocycles. The quantitative estimate of drug-likeness (QED) is 0.429. The maximum atomic E-state index is 4.56. The number of hydrogen-bond donors (Lipinski definition) is 2. The molecule has 0 bridgehead atoms. The molecule has 2 N–H and O–H groups in total. The Morgan fingerprint density at radius 1 is 0.867 bits per heavy atom. The van der Waals surface area contributed by atoms with Crippen molar-refractivity contribution in [3.63, 3.8) is 0 Å². The number of aromatic nitrogens is 7. The fourth-order valence-corrected chi connectivity index (χ4v) is 4.56. The molecule has 7 nitrogen and oxygen atoms in total. The molecule has 0 spiro atoms. The van der Waals surface area contributed by atoms with Crippen molar-refractivity contribution in [2.75, 3.05) is 0 Å². The van der Waals surface area contributed by atoms with Gasteiger partial charge in [-0.3, -0.25) is 15.1 Å². The molecule has 144 valence electrons. The number of pyridine rings is 2. The normalized spacial score (nSPS) is 11.5. The highest BCUT2D eigenvalue weighted by Crippen LogP contribution is 2.36. The fourth-order valence-electron chi connectivity index (χ4n) is 3.67. The number of rotatable bonds is 3. The van der Waals surface area contributed by atoms with E-state index in [4.69, 9.17) is 0 Å². The standard InChI is InChI=1S/C22H15N7S/c1-12-2-3-21(30-12)16-8-23-9-19-14(16)4-18(27-19)22-15-5-17(13-6-24-11-25-7-13)26-10-20(15)28-29-22/h2-11,27H,1H3,(H,28,29). The lowest BCUT2D eigenvalue weighted by atomic mass is 10.1. The van der Waals surface area contributed by atoms with Crippen LogP contribution < -0.4 is 0 Å². The van der Waals surface area contributed by atoms with E-state index in [2.05, 4.69) is 60.2 Å². The van der Waals surface area contributed by atoms with Gasteiger partial charge in [0.05, 0.1) is 34.8 Å². The summed E-state index contributed by atoms with van der Waals surface area (Å²) in [5.41, 5.74) is 6.42. The van der Waals surface area contributed by atoms with Crippen LogP contribution in [0.15, 0.2) is 61.6 Å². The summed E-state index contributed by atoms with van der Waals surface area (Å²) in [5.74, 6) is 0. The van der Waals surface area contributed by atoms with Crippen LogP contribution in [-0.4, -0.2) is 35.1 Å². The van der Waals surface area contributed by atoms with Crippen molar-refractivity contribution in [3.05, 3.63) is 66.5 Å². The molecule has 6 aromatic rings. The van der Waals surface area contributed by atoms with Crippen molar-refractivity contribution >= 4 is 33.1 Å². The highest BCUT2D eigenvalue weighted by Gasteiger charge is 2.15. The monoisotopic (exact) mass is 409 g/mol. The number of fused-ring (bicyclic) bond motifs is 2. The van der Waals surface area contributed by atoms with Gasteiger partial charge in [-0.15, -0.1) is 11.3 Å². The van der Waals surface area contributed by atoms with Crippen LogP contribution in [0.25, 0.3) is 54.9 Å². The van der Waals surface area contributed by atoms with Crippen molar-refractivity contribution < 1.29 is 0 Å². The van der Waals surface area contributed by atoms with E-state index in [1.165, 1.54) is 16.1 Å². The van der Waals surface area contributed by atoms with Gasteiger partial charge in [-0.2, -0.15) is 5.10 Å². The van der Waals surface area contributed by atoms with Crippen molar-refractivity contribution in [1.82, 2.24) is 35.1 Å². The molecule has 0 unspecified atom stereocenters. The van der Waals surface area contributed by atoms with Gasteiger partial charge in [-0.05, 0) is 31.2 Å². The molecular weight excluding hydrogens is 394 g/mol. The maximum Gasteiger partial charge on any atom is 0.116 e. The van der Waals surface area contributed by atoms with Gasteiger partial charge >= 0.3 is 0 Å². The van der Waals surface area contributed by atoms with E-state index >= 15 is 0 Å². The largest absolute Gasteiger partial charge is 0.352 e. The second-order valence-electron chi connectivity index (χ2n) is 7.06. The zero-order valence-corrected chi connectivity index (χ0v) is 16.7. The number of nitrogens with zero attached hydrogens (tertiary/aromatic N) is 5. The predicted molar refractivity (Wildman–Crippen MR) is 118 cm³/mol. The summed E-state index contributed by atoms with van der Waals surface area (Å²) >= 11 is 1.77. The number of thiophene rings is 1. The van der Waals surface area contributed by atoms with Gasteiger partial charge < -0.3 is 4.98 Å². The molecule has 0 aliphatic rings. The summed E-state index contributed by atoms with van der Waals surface area (Å²) in [7, 11) is 0. The Morgan fingerprint density at radius 3 is 2.60 bits per heavy atom. The van der Waals surface area contributed by atoms with E-state index in [0.29, 0.717) is 0 Å². The zero-order chi connectivity index (χ0) is 20.1. The molecule has 6 rings (SSSR count). The lowest BCUT2D eigenvalue weighted by Crippen LogP contribution is -1.86.